The van der Waals surface area contributed by atoms with E-state index < -0.39 is 17.6 Å². The Balaban J connectivity index is 0. The maximum Gasteiger partial charge on any atom is 0.500 e. The first-order chi connectivity index (χ1) is 14.0. The average Bonchev–Trinajstić information content (AvgIpc) is 2.73. The summed E-state index contributed by atoms with van der Waals surface area (Å²) in [5, 5.41) is 0. The van der Waals surface area contributed by atoms with Crippen molar-refractivity contribution in [3.8, 4) is 0 Å². The molecule has 0 fully saturated rings. The SMILES string of the molecule is CCCCCC[Si](OC)(OC)OC.CCCCCC[Si](OCC)(OCC)OCC. The molecule has 178 valence electrons. The van der Waals surface area contributed by atoms with Crippen LogP contribution in [0.2, 0.25) is 12.1 Å². The number of hydrogen-bond acceptors (Lipinski definition) is 6. The lowest BCUT2D eigenvalue weighted by Gasteiger charge is -2.28. The normalized spacial score (nSPS) is 12.0. The van der Waals surface area contributed by atoms with Crippen molar-refractivity contribution in [1.29, 1.82) is 0 Å². The number of hydrogen-bond donors (Lipinski definition) is 0. The summed E-state index contributed by atoms with van der Waals surface area (Å²) in [5.41, 5.74) is 0. The van der Waals surface area contributed by atoms with Crippen LogP contribution in [0, 0.1) is 0 Å². The molecule has 0 aromatic rings. The second-order valence-electron chi connectivity index (χ2n) is 6.90. The molecule has 0 aliphatic heterocycles. The molecular weight excluding hydrogens is 404 g/mol. The molecule has 0 spiro atoms. The van der Waals surface area contributed by atoms with E-state index in [0.29, 0.717) is 19.8 Å². The topological polar surface area (TPSA) is 55.4 Å². The second kappa shape index (κ2) is 21.4. The fraction of sp³-hybridized carbons (Fsp3) is 1.00. The van der Waals surface area contributed by atoms with Crippen LogP contribution in [0.25, 0.3) is 0 Å². The smallest absolute Gasteiger partial charge is 0.377 e. The number of unbranched alkanes of at least 4 members (excludes halogenated alkanes) is 6. The molecular formula is C21H50O6Si2. The Kier molecular flexibility index (Phi) is 23.2. The van der Waals surface area contributed by atoms with Crippen LogP contribution in [0.4, 0.5) is 0 Å². The Hall–Kier alpha value is 0.194. The van der Waals surface area contributed by atoms with Gasteiger partial charge in [0.2, 0.25) is 0 Å². The fourth-order valence-corrected chi connectivity index (χ4v) is 7.57. The van der Waals surface area contributed by atoms with Crippen molar-refractivity contribution >= 4 is 17.6 Å². The van der Waals surface area contributed by atoms with Gasteiger partial charge in [0.1, 0.15) is 0 Å². The molecule has 0 bridgehead atoms. The molecule has 0 amide bonds. The van der Waals surface area contributed by atoms with Gasteiger partial charge in [-0.05, 0) is 33.6 Å². The zero-order chi connectivity index (χ0) is 22.4. The monoisotopic (exact) mass is 454 g/mol. The molecule has 0 aliphatic carbocycles. The van der Waals surface area contributed by atoms with Crippen LogP contribution in [0.1, 0.15) is 86.0 Å². The third-order valence-electron chi connectivity index (χ3n) is 4.70. The largest absolute Gasteiger partial charge is 0.500 e. The molecule has 0 saturated heterocycles. The fourth-order valence-electron chi connectivity index (χ4n) is 3.09. The summed E-state index contributed by atoms with van der Waals surface area (Å²) in [6.45, 7) is 12.5. The summed E-state index contributed by atoms with van der Waals surface area (Å²) in [4.78, 5) is 0. The van der Waals surface area contributed by atoms with Gasteiger partial charge >= 0.3 is 17.6 Å². The van der Waals surface area contributed by atoms with Gasteiger partial charge in [0.05, 0.1) is 0 Å². The molecule has 0 saturated carbocycles. The van der Waals surface area contributed by atoms with E-state index in [0.717, 1.165) is 24.9 Å². The molecule has 0 aliphatic rings. The molecule has 8 heteroatoms. The zero-order valence-electron chi connectivity index (χ0n) is 20.6. The Bertz CT molecular complexity index is 305. The first-order valence-electron chi connectivity index (χ1n) is 11.6. The van der Waals surface area contributed by atoms with Crippen molar-refractivity contribution in [2.45, 2.75) is 98.1 Å². The highest BCUT2D eigenvalue weighted by Gasteiger charge is 2.39. The lowest BCUT2D eigenvalue weighted by atomic mass is 10.2. The quantitative estimate of drug-likeness (QED) is 0.175. The minimum absolute atomic E-state index is 0.681. The van der Waals surface area contributed by atoms with Gasteiger partial charge in [-0.2, -0.15) is 0 Å². The maximum absolute atomic E-state index is 5.79. The van der Waals surface area contributed by atoms with Gasteiger partial charge in [-0.1, -0.05) is 52.4 Å². The van der Waals surface area contributed by atoms with Crippen molar-refractivity contribution in [3.05, 3.63) is 0 Å². The van der Waals surface area contributed by atoms with Gasteiger partial charge in [0.15, 0.2) is 0 Å². The first kappa shape index (κ1) is 31.4. The van der Waals surface area contributed by atoms with Gasteiger partial charge in [-0.15, -0.1) is 0 Å². The highest BCUT2D eigenvalue weighted by Crippen LogP contribution is 2.20. The third kappa shape index (κ3) is 15.6. The number of rotatable bonds is 19. The summed E-state index contributed by atoms with van der Waals surface area (Å²) in [6.07, 6.45) is 9.85. The Morgan fingerprint density at radius 1 is 0.448 bits per heavy atom. The maximum atomic E-state index is 5.79. The van der Waals surface area contributed by atoms with Crippen LogP contribution < -0.4 is 0 Å². The Labute approximate surface area is 183 Å². The second-order valence-corrected chi connectivity index (χ2v) is 12.7. The van der Waals surface area contributed by atoms with Crippen molar-refractivity contribution in [2.75, 3.05) is 41.2 Å². The summed E-state index contributed by atoms with van der Waals surface area (Å²) in [6, 6.07) is 1.89. The summed E-state index contributed by atoms with van der Waals surface area (Å²) >= 11 is 0. The van der Waals surface area contributed by atoms with Crippen LogP contribution in [0.5, 0.6) is 0 Å². The minimum Gasteiger partial charge on any atom is -0.377 e. The summed E-state index contributed by atoms with van der Waals surface area (Å²) in [5.74, 6) is 0. The molecule has 0 aromatic heterocycles. The van der Waals surface area contributed by atoms with E-state index in [2.05, 4.69) is 13.8 Å². The Morgan fingerprint density at radius 2 is 0.793 bits per heavy atom. The van der Waals surface area contributed by atoms with E-state index in [1.807, 2.05) is 20.8 Å². The molecule has 0 heterocycles. The molecule has 0 N–H and O–H groups in total. The predicted molar refractivity (Wildman–Crippen MR) is 125 cm³/mol. The molecule has 0 radical (unpaired) electrons. The van der Waals surface area contributed by atoms with Gasteiger partial charge in [-0.3, -0.25) is 0 Å². The molecule has 0 aromatic carbocycles. The molecule has 6 nitrogen and oxygen atoms in total. The highest BCUT2D eigenvalue weighted by molar-refractivity contribution is 6.61. The van der Waals surface area contributed by atoms with E-state index in [4.69, 9.17) is 26.6 Å². The van der Waals surface area contributed by atoms with Gasteiger partial charge in [-0.25, -0.2) is 0 Å². The van der Waals surface area contributed by atoms with Crippen LogP contribution >= 0.6 is 0 Å². The predicted octanol–water partition coefficient (Wildman–Crippen LogP) is 6.06. The van der Waals surface area contributed by atoms with Crippen LogP contribution in [0.15, 0.2) is 0 Å². The first-order valence-corrected chi connectivity index (χ1v) is 15.4. The van der Waals surface area contributed by atoms with E-state index in [1.54, 1.807) is 21.3 Å². The average molecular weight is 455 g/mol. The Morgan fingerprint density at radius 3 is 1.07 bits per heavy atom. The highest BCUT2D eigenvalue weighted by atomic mass is 28.4. The van der Waals surface area contributed by atoms with Crippen molar-refractivity contribution in [2.24, 2.45) is 0 Å². The van der Waals surface area contributed by atoms with E-state index in [9.17, 15) is 0 Å². The molecule has 0 unspecified atom stereocenters. The van der Waals surface area contributed by atoms with E-state index in [1.165, 1.54) is 38.5 Å². The minimum atomic E-state index is -2.35. The zero-order valence-corrected chi connectivity index (χ0v) is 22.6. The third-order valence-corrected chi connectivity index (χ3v) is 10.7. The van der Waals surface area contributed by atoms with Gasteiger partial charge in [0.25, 0.3) is 0 Å². The van der Waals surface area contributed by atoms with Crippen molar-refractivity contribution < 1.29 is 26.6 Å². The summed E-state index contributed by atoms with van der Waals surface area (Å²) < 4.78 is 33.3. The van der Waals surface area contributed by atoms with E-state index >= 15 is 0 Å². The lowest BCUT2D eigenvalue weighted by Crippen LogP contribution is -2.45. The standard InChI is InChI=1S/C12H28O3Si.C9H22O3Si/c1-5-9-10-11-12-16(13-6-2,14-7-3)15-8-4;1-5-6-7-8-9-13(10-2,11-3)12-4/h5-12H2,1-4H3;5-9H2,1-4H3. The summed E-state index contributed by atoms with van der Waals surface area (Å²) in [7, 11) is 0.384. The van der Waals surface area contributed by atoms with Gasteiger partial charge < -0.3 is 26.6 Å². The van der Waals surface area contributed by atoms with Crippen molar-refractivity contribution in [3.63, 3.8) is 0 Å². The van der Waals surface area contributed by atoms with Gasteiger partial charge in [0, 0.05) is 53.2 Å². The van der Waals surface area contributed by atoms with Crippen LogP contribution in [-0.2, 0) is 26.6 Å². The lowest BCUT2D eigenvalue weighted by molar-refractivity contribution is 0.0706. The van der Waals surface area contributed by atoms with Crippen molar-refractivity contribution in [1.82, 2.24) is 0 Å². The molecule has 0 rings (SSSR count). The molecule has 29 heavy (non-hydrogen) atoms. The molecule has 0 atom stereocenters. The van der Waals surface area contributed by atoms with E-state index in [-0.39, 0.29) is 0 Å². The van der Waals surface area contributed by atoms with Crippen LogP contribution in [0.3, 0.4) is 0 Å². The van der Waals surface area contributed by atoms with Crippen LogP contribution in [-0.4, -0.2) is 58.8 Å².